The summed E-state index contributed by atoms with van der Waals surface area (Å²) in [6.07, 6.45) is 0.773. The zero-order chi connectivity index (χ0) is 22.5. The number of benzene rings is 2. The van der Waals surface area contributed by atoms with E-state index < -0.39 is 0 Å². The second-order valence-corrected chi connectivity index (χ2v) is 8.14. The van der Waals surface area contributed by atoms with E-state index in [9.17, 15) is 4.79 Å². The van der Waals surface area contributed by atoms with Gasteiger partial charge < -0.3 is 10.1 Å². The Labute approximate surface area is 189 Å². The van der Waals surface area contributed by atoms with E-state index in [1.54, 1.807) is 11.7 Å². The van der Waals surface area contributed by atoms with Crippen LogP contribution in [-0.4, -0.2) is 45.1 Å². The molecule has 0 aliphatic rings. The topological polar surface area (TPSA) is 109 Å². The SMILES string of the molecule is COc1cccc(-n2c(SCC(=O)NCCc3ccccc3)nc3n[nH]c(C)c3c2=N)c1. The Hall–Kier alpha value is -3.59. The molecule has 0 atom stereocenters. The van der Waals surface area contributed by atoms with Crippen molar-refractivity contribution in [3.63, 3.8) is 0 Å². The van der Waals surface area contributed by atoms with Gasteiger partial charge in [-0.05, 0) is 31.0 Å². The largest absolute Gasteiger partial charge is 0.497 e. The summed E-state index contributed by atoms with van der Waals surface area (Å²) in [7, 11) is 1.60. The molecule has 0 aliphatic carbocycles. The van der Waals surface area contributed by atoms with Crippen LogP contribution in [0.25, 0.3) is 16.7 Å². The molecule has 2 heterocycles. The third kappa shape index (κ3) is 4.67. The molecule has 0 saturated carbocycles. The first-order valence-corrected chi connectivity index (χ1v) is 11.2. The van der Waals surface area contributed by atoms with Gasteiger partial charge in [-0.2, -0.15) is 5.10 Å². The molecule has 9 heteroatoms. The molecule has 0 fully saturated rings. The fourth-order valence-corrected chi connectivity index (χ4v) is 4.23. The van der Waals surface area contributed by atoms with Gasteiger partial charge in [0, 0.05) is 18.3 Å². The Morgan fingerprint density at radius 2 is 2.03 bits per heavy atom. The maximum Gasteiger partial charge on any atom is 0.230 e. The van der Waals surface area contributed by atoms with Crippen LogP contribution in [0.1, 0.15) is 11.3 Å². The zero-order valence-corrected chi connectivity index (χ0v) is 18.7. The highest BCUT2D eigenvalue weighted by molar-refractivity contribution is 7.99. The summed E-state index contributed by atoms with van der Waals surface area (Å²) < 4.78 is 7.06. The van der Waals surface area contributed by atoms with Gasteiger partial charge in [-0.25, -0.2) is 4.98 Å². The molecular weight excluding hydrogens is 424 g/mol. The van der Waals surface area contributed by atoms with Crippen molar-refractivity contribution >= 4 is 28.7 Å². The third-order valence-corrected chi connectivity index (χ3v) is 5.94. The second-order valence-electron chi connectivity index (χ2n) is 7.20. The van der Waals surface area contributed by atoms with Crippen molar-refractivity contribution in [2.24, 2.45) is 0 Å². The van der Waals surface area contributed by atoms with Gasteiger partial charge in [-0.3, -0.25) is 19.9 Å². The molecule has 3 N–H and O–H groups in total. The number of aromatic nitrogens is 4. The van der Waals surface area contributed by atoms with Crippen LogP contribution in [0, 0.1) is 12.3 Å². The van der Waals surface area contributed by atoms with Crippen LogP contribution in [-0.2, 0) is 11.2 Å². The van der Waals surface area contributed by atoms with Crippen molar-refractivity contribution in [1.29, 1.82) is 5.41 Å². The standard InChI is InChI=1S/C23H24N6O2S/c1-15-20-21(24)29(17-9-6-10-18(13-17)31-2)23(26-22(20)28-27-15)32-14-19(30)25-12-11-16-7-4-3-5-8-16/h3-10,13,24H,11-12,14H2,1-2H3,(H,25,30)(H,27,28). The molecule has 4 rings (SSSR count). The molecule has 0 unspecified atom stereocenters. The van der Waals surface area contributed by atoms with Crippen molar-refractivity contribution in [3.05, 3.63) is 71.3 Å². The van der Waals surface area contributed by atoms with Gasteiger partial charge >= 0.3 is 0 Å². The minimum Gasteiger partial charge on any atom is -0.497 e. The van der Waals surface area contributed by atoms with Crippen LogP contribution in [0.5, 0.6) is 5.75 Å². The van der Waals surface area contributed by atoms with E-state index in [1.807, 2.05) is 61.5 Å². The Morgan fingerprint density at radius 1 is 1.22 bits per heavy atom. The fraction of sp³-hybridized carbons (Fsp3) is 0.217. The number of aryl methyl sites for hydroxylation is 1. The van der Waals surface area contributed by atoms with E-state index in [4.69, 9.17) is 10.1 Å². The summed E-state index contributed by atoms with van der Waals surface area (Å²) in [5.74, 6) is 0.767. The van der Waals surface area contributed by atoms with Gasteiger partial charge in [0.25, 0.3) is 0 Å². The van der Waals surface area contributed by atoms with E-state index in [1.165, 1.54) is 17.3 Å². The van der Waals surface area contributed by atoms with Crippen molar-refractivity contribution in [1.82, 2.24) is 25.1 Å². The lowest BCUT2D eigenvalue weighted by molar-refractivity contribution is -0.118. The highest BCUT2D eigenvalue weighted by atomic mass is 32.2. The highest BCUT2D eigenvalue weighted by Gasteiger charge is 2.16. The number of carbonyl (C=O) groups is 1. The van der Waals surface area contributed by atoms with E-state index in [2.05, 4.69) is 20.5 Å². The predicted octanol–water partition coefficient (Wildman–Crippen LogP) is 3.00. The summed E-state index contributed by atoms with van der Waals surface area (Å²) in [6, 6.07) is 17.5. The first-order chi connectivity index (χ1) is 15.6. The third-order valence-electron chi connectivity index (χ3n) is 5.00. The number of rotatable bonds is 8. The lowest BCUT2D eigenvalue weighted by atomic mass is 10.1. The molecule has 164 valence electrons. The molecule has 8 nitrogen and oxygen atoms in total. The Balaban J connectivity index is 1.56. The molecule has 0 radical (unpaired) electrons. The van der Waals surface area contributed by atoms with Crippen LogP contribution in [0.3, 0.4) is 0 Å². The van der Waals surface area contributed by atoms with Crippen molar-refractivity contribution in [3.8, 4) is 11.4 Å². The Kier molecular flexibility index (Phi) is 6.55. The van der Waals surface area contributed by atoms with Crippen LogP contribution in [0.2, 0.25) is 0 Å². The van der Waals surface area contributed by atoms with Crippen LogP contribution < -0.4 is 15.5 Å². The minimum absolute atomic E-state index is 0.0882. The maximum atomic E-state index is 12.4. The number of nitrogens with zero attached hydrogens (tertiary/aromatic N) is 3. The number of amides is 1. The maximum absolute atomic E-state index is 12.4. The summed E-state index contributed by atoms with van der Waals surface area (Å²) in [5.41, 5.74) is 3.39. The lowest BCUT2D eigenvalue weighted by Gasteiger charge is -2.14. The number of hydrogen-bond donors (Lipinski definition) is 3. The average molecular weight is 449 g/mol. The normalized spacial score (nSPS) is 10.9. The summed E-state index contributed by atoms with van der Waals surface area (Å²) in [4.78, 5) is 17.1. The van der Waals surface area contributed by atoms with Gasteiger partial charge in [0.1, 0.15) is 11.2 Å². The Morgan fingerprint density at radius 3 is 2.81 bits per heavy atom. The van der Waals surface area contributed by atoms with Crippen molar-refractivity contribution in [2.45, 2.75) is 18.5 Å². The number of aromatic amines is 1. The monoisotopic (exact) mass is 448 g/mol. The molecule has 0 saturated heterocycles. The quantitative estimate of drug-likeness (QED) is 0.284. The molecular formula is C23H24N6O2S. The first-order valence-electron chi connectivity index (χ1n) is 10.2. The highest BCUT2D eigenvalue weighted by Crippen LogP contribution is 2.23. The smallest absolute Gasteiger partial charge is 0.230 e. The molecule has 0 bridgehead atoms. The number of methoxy groups -OCH3 is 1. The van der Waals surface area contributed by atoms with E-state index in [0.717, 1.165) is 17.8 Å². The van der Waals surface area contributed by atoms with Crippen molar-refractivity contribution in [2.75, 3.05) is 19.4 Å². The van der Waals surface area contributed by atoms with Crippen molar-refractivity contribution < 1.29 is 9.53 Å². The minimum atomic E-state index is -0.0882. The zero-order valence-electron chi connectivity index (χ0n) is 17.9. The van der Waals surface area contributed by atoms with Crippen LogP contribution in [0.4, 0.5) is 0 Å². The molecule has 4 aromatic rings. The van der Waals surface area contributed by atoms with Gasteiger partial charge in [0.2, 0.25) is 5.91 Å². The molecule has 1 amide bonds. The number of hydrogen-bond acceptors (Lipinski definition) is 6. The second kappa shape index (κ2) is 9.69. The summed E-state index contributed by atoms with van der Waals surface area (Å²) in [6.45, 7) is 2.42. The molecule has 2 aromatic carbocycles. The predicted molar refractivity (Wildman–Crippen MR) is 124 cm³/mol. The van der Waals surface area contributed by atoms with E-state index in [-0.39, 0.29) is 17.1 Å². The molecule has 2 aromatic heterocycles. The van der Waals surface area contributed by atoms with E-state index >= 15 is 0 Å². The van der Waals surface area contributed by atoms with Gasteiger partial charge in [0.15, 0.2) is 10.8 Å². The summed E-state index contributed by atoms with van der Waals surface area (Å²) in [5, 5.41) is 20.0. The van der Waals surface area contributed by atoms with Crippen LogP contribution in [0.15, 0.2) is 59.8 Å². The number of nitrogens with one attached hydrogen (secondary N) is 3. The summed E-state index contributed by atoms with van der Waals surface area (Å²) >= 11 is 1.27. The lowest BCUT2D eigenvalue weighted by Crippen LogP contribution is -2.28. The van der Waals surface area contributed by atoms with Gasteiger partial charge in [0.05, 0.1) is 23.9 Å². The molecule has 0 aliphatic heterocycles. The fourth-order valence-electron chi connectivity index (χ4n) is 3.39. The number of ether oxygens (including phenoxy) is 1. The number of carbonyl (C=O) groups excluding carboxylic acids is 1. The molecule has 0 spiro atoms. The Bertz CT molecular complexity index is 1300. The number of H-pyrrole nitrogens is 1. The van der Waals surface area contributed by atoms with Gasteiger partial charge in [-0.15, -0.1) is 0 Å². The molecule has 32 heavy (non-hydrogen) atoms. The number of thioether (sulfide) groups is 1. The van der Waals surface area contributed by atoms with Crippen LogP contribution >= 0.6 is 11.8 Å². The first kappa shape index (κ1) is 21.6. The average Bonchev–Trinajstić information content (AvgIpc) is 3.19. The van der Waals surface area contributed by atoms with Gasteiger partial charge in [-0.1, -0.05) is 48.2 Å². The number of fused-ring (bicyclic) bond motifs is 1. The van der Waals surface area contributed by atoms with E-state index in [0.29, 0.717) is 28.5 Å².